The zero-order chi connectivity index (χ0) is 13.4. The molecule has 0 unspecified atom stereocenters. The van der Waals surface area contributed by atoms with Gasteiger partial charge in [-0.25, -0.2) is 4.79 Å². The quantitative estimate of drug-likeness (QED) is 0.496. The minimum Gasteiger partial charge on any atom is -1.00 e. The molecule has 0 heterocycles. The maximum Gasteiger partial charge on any atom is 0.366 e. The molecule has 0 aromatic rings. The van der Waals surface area contributed by atoms with Gasteiger partial charge in [0.25, 0.3) is 0 Å². The second-order valence-corrected chi connectivity index (χ2v) is 4.36. The minimum absolute atomic E-state index is 0. The first-order valence-corrected chi connectivity index (χ1v) is 6.20. The Morgan fingerprint density at radius 1 is 1.22 bits per heavy atom. The second-order valence-electron chi connectivity index (χ2n) is 4.36. The Balaban J connectivity index is 0. The van der Waals surface area contributed by atoms with Crippen molar-refractivity contribution in [3.63, 3.8) is 0 Å². The van der Waals surface area contributed by atoms with Crippen LogP contribution in [0.3, 0.4) is 0 Å². The van der Waals surface area contributed by atoms with Gasteiger partial charge in [-0.1, -0.05) is 26.7 Å². The Morgan fingerprint density at radius 2 is 1.67 bits per heavy atom. The van der Waals surface area contributed by atoms with E-state index in [1.165, 1.54) is 0 Å². The molecule has 0 saturated heterocycles. The van der Waals surface area contributed by atoms with Crippen LogP contribution in [0.5, 0.6) is 0 Å². The summed E-state index contributed by atoms with van der Waals surface area (Å²) in [5.74, 6) is -1.46. The monoisotopic (exact) mass is 281 g/mol. The van der Waals surface area contributed by atoms with E-state index in [9.17, 15) is 9.59 Å². The summed E-state index contributed by atoms with van der Waals surface area (Å²) in [7, 11) is 0. The molecular formula is C12H24ClNO4. The highest BCUT2D eigenvalue weighted by atomic mass is 35.5. The summed E-state index contributed by atoms with van der Waals surface area (Å²) in [5, 5.41) is 8.76. The van der Waals surface area contributed by atoms with Crippen LogP contribution >= 0.6 is 0 Å². The Bertz CT molecular complexity index is 254. The molecule has 0 amide bonds. The molecule has 0 aromatic carbocycles. The summed E-state index contributed by atoms with van der Waals surface area (Å²) in [6.45, 7) is 5.60. The van der Waals surface area contributed by atoms with E-state index in [1.807, 2.05) is 13.8 Å². The van der Waals surface area contributed by atoms with Gasteiger partial charge in [-0.05, 0) is 19.8 Å². The number of esters is 1. The van der Waals surface area contributed by atoms with Gasteiger partial charge >= 0.3 is 11.9 Å². The van der Waals surface area contributed by atoms with Crippen LogP contribution in [0, 0.1) is 5.92 Å². The molecule has 5 nitrogen and oxygen atoms in total. The van der Waals surface area contributed by atoms with Gasteiger partial charge in [0, 0.05) is 0 Å². The fourth-order valence-corrected chi connectivity index (χ4v) is 1.64. The van der Waals surface area contributed by atoms with Gasteiger partial charge in [0.05, 0.1) is 5.92 Å². The van der Waals surface area contributed by atoms with Gasteiger partial charge in [0.2, 0.25) is 6.04 Å². The number of halogens is 1. The SMILES string of the molecule is CCCC(CCC)C(=O)O[C@H](C)[C@H]([NH3+])C(=O)O.[Cl-]. The van der Waals surface area contributed by atoms with Crippen LogP contribution in [0.15, 0.2) is 0 Å². The van der Waals surface area contributed by atoms with Gasteiger partial charge in [-0.3, -0.25) is 4.79 Å². The van der Waals surface area contributed by atoms with E-state index in [-0.39, 0.29) is 24.3 Å². The predicted octanol–water partition coefficient (Wildman–Crippen LogP) is -2.17. The zero-order valence-electron chi connectivity index (χ0n) is 11.3. The summed E-state index contributed by atoms with van der Waals surface area (Å²) >= 11 is 0. The number of rotatable bonds is 8. The average Bonchev–Trinajstić information content (AvgIpc) is 2.27. The lowest BCUT2D eigenvalue weighted by Gasteiger charge is -2.19. The van der Waals surface area contributed by atoms with Crippen molar-refractivity contribution in [1.29, 1.82) is 0 Å². The van der Waals surface area contributed by atoms with Crippen LogP contribution in [-0.4, -0.2) is 29.2 Å². The van der Waals surface area contributed by atoms with E-state index in [2.05, 4.69) is 5.73 Å². The Kier molecular flexibility index (Phi) is 11.0. The number of carbonyl (C=O) groups excluding carboxylic acids is 1. The van der Waals surface area contributed by atoms with Gasteiger partial charge in [0.1, 0.15) is 0 Å². The third-order valence-corrected chi connectivity index (χ3v) is 2.79. The molecule has 108 valence electrons. The molecule has 0 aliphatic rings. The smallest absolute Gasteiger partial charge is 0.366 e. The van der Waals surface area contributed by atoms with E-state index < -0.39 is 18.1 Å². The highest BCUT2D eigenvalue weighted by Gasteiger charge is 2.29. The molecule has 0 spiro atoms. The first kappa shape index (κ1) is 19.5. The van der Waals surface area contributed by atoms with E-state index in [0.717, 1.165) is 25.7 Å². The van der Waals surface area contributed by atoms with Crippen molar-refractivity contribution >= 4 is 11.9 Å². The third kappa shape index (κ3) is 6.81. The number of carboxylic acid groups (broad SMARTS) is 1. The Labute approximate surface area is 114 Å². The van der Waals surface area contributed by atoms with E-state index >= 15 is 0 Å². The van der Waals surface area contributed by atoms with Crippen molar-refractivity contribution < 1.29 is 37.6 Å². The number of ether oxygens (including phenoxy) is 1. The van der Waals surface area contributed by atoms with Crippen LogP contribution in [0.1, 0.15) is 46.5 Å². The zero-order valence-corrected chi connectivity index (χ0v) is 12.1. The summed E-state index contributed by atoms with van der Waals surface area (Å²) < 4.78 is 5.16. The van der Waals surface area contributed by atoms with Crippen molar-refractivity contribution in [3.05, 3.63) is 0 Å². The average molecular weight is 282 g/mol. The molecule has 0 aromatic heterocycles. The van der Waals surface area contributed by atoms with Gasteiger partial charge in [0.15, 0.2) is 6.10 Å². The van der Waals surface area contributed by atoms with Crippen LogP contribution < -0.4 is 18.1 Å². The van der Waals surface area contributed by atoms with Crippen molar-refractivity contribution in [2.24, 2.45) is 5.92 Å². The minimum atomic E-state index is -1.05. The lowest BCUT2D eigenvalue weighted by molar-refractivity contribution is -0.423. The maximum absolute atomic E-state index is 11.8. The van der Waals surface area contributed by atoms with E-state index in [0.29, 0.717) is 0 Å². The summed E-state index contributed by atoms with van der Waals surface area (Å²) in [5.41, 5.74) is 3.47. The fraction of sp³-hybridized carbons (Fsp3) is 0.833. The number of hydrogen-bond donors (Lipinski definition) is 2. The Morgan fingerprint density at radius 3 is 2.00 bits per heavy atom. The maximum atomic E-state index is 11.8. The van der Waals surface area contributed by atoms with Crippen molar-refractivity contribution in [3.8, 4) is 0 Å². The molecule has 2 atom stereocenters. The first-order valence-electron chi connectivity index (χ1n) is 6.20. The number of carboxylic acids is 1. The van der Waals surface area contributed by atoms with Gasteiger partial charge in [-0.15, -0.1) is 0 Å². The standard InChI is InChI=1S/C12H23NO4.ClH/c1-4-6-9(7-5-2)12(16)17-8(3)10(13)11(14)15;/h8-10H,4-7,13H2,1-3H3,(H,14,15);1H/t8-,10+;/m1./s1. The molecular weight excluding hydrogens is 258 g/mol. The number of quaternary nitrogens is 1. The van der Waals surface area contributed by atoms with Gasteiger partial charge in [-0.2, -0.15) is 0 Å². The lowest BCUT2D eigenvalue weighted by atomic mass is 9.98. The molecule has 0 aliphatic carbocycles. The molecule has 4 N–H and O–H groups in total. The van der Waals surface area contributed by atoms with E-state index in [4.69, 9.17) is 9.84 Å². The van der Waals surface area contributed by atoms with Crippen LogP contribution in [0.2, 0.25) is 0 Å². The van der Waals surface area contributed by atoms with Crippen molar-refractivity contribution in [2.45, 2.75) is 58.6 Å². The second kappa shape index (κ2) is 10.1. The van der Waals surface area contributed by atoms with Crippen LogP contribution in [0.4, 0.5) is 0 Å². The van der Waals surface area contributed by atoms with E-state index in [1.54, 1.807) is 6.92 Å². The van der Waals surface area contributed by atoms with Crippen LogP contribution in [0.25, 0.3) is 0 Å². The number of carbonyl (C=O) groups is 2. The highest BCUT2D eigenvalue weighted by Crippen LogP contribution is 2.16. The summed E-state index contributed by atoms with van der Waals surface area (Å²) in [6, 6.07) is -0.914. The largest absolute Gasteiger partial charge is 1.00 e. The highest BCUT2D eigenvalue weighted by molar-refractivity contribution is 5.75. The molecule has 0 rings (SSSR count). The third-order valence-electron chi connectivity index (χ3n) is 2.79. The topological polar surface area (TPSA) is 91.2 Å². The van der Waals surface area contributed by atoms with Crippen molar-refractivity contribution in [1.82, 2.24) is 0 Å². The molecule has 0 saturated carbocycles. The lowest BCUT2D eigenvalue weighted by Crippen LogP contribution is -3.00. The summed E-state index contributed by atoms with van der Waals surface area (Å²) in [4.78, 5) is 22.5. The fourth-order valence-electron chi connectivity index (χ4n) is 1.64. The molecule has 0 radical (unpaired) electrons. The van der Waals surface area contributed by atoms with Gasteiger partial charge < -0.3 is 28.0 Å². The molecule has 6 heteroatoms. The molecule has 0 fully saturated rings. The molecule has 0 bridgehead atoms. The van der Waals surface area contributed by atoms with Crippen molar-refractivity contribution in [2.75, 3.05) is 0 Å². The normalized spacial score (nSPS) is 13.6. The molecule has 0 aliphatic heterocycles. The van der Waals surface area contributed by atoms with Crippen LogP contribution in [-0.2, 0) is 14.3 Å². The predicted molar refractivity (Wildman–Crippen MR) is 63.2 cm³/mol. The number of hydrogen-bond acceptors (Lipinski definition) is 3. The first-order chi connectivity index (χ1) is 7.93. The molecule has 18 heavy (non-hydrogen) atoms. The summed E-state index contributed by atoms with van der Waals surface area (Å²) in [6.07, 6.45) is 2.72. The Hall–Kier alpha value is -0.810. The number of aliphatic carboxylic acids is 1.